The van der Waals surface area contributed by atoms with Gasteiger partial charge in [-0.25, -0.2) is 9.78 Å². The van der Waals surface area contributed by atoms with Crippen molar-refractivity contribution < 1.29 is 14.3 Å². The van der Waals surface area contributed by atoms with Crippen LogP contribution < -0.4 is 5.32 Å². The Morgan fingerprint density at radius 1 is 1.03 bits per heavy atom. The first-order chi connectivity index (χ1) is 18.0. The molecule has 7 heteroatoms. The van der Waals surface area contributed by atoms with Crippen LogP contribution in [0.15, 0.2) is 48.5 Å². The van der Waals surface area contributed by atoms with Gasteiger partial charge < -0.3 is 10.1 Å². The third kappa shape index (κ3) is 5.13. The Morgan fingerprint density at radius 2 is 1.78 bits per heavy atom. The van der Waals surface area contributed by atoms with Crippen LogP contribution in [-0.2, 0) is 17.6 Å². The Kier molecular flexibility index (Phi) is 7.58. The Labute approximate surface area is 225 Å². The molecular formula is C30H29ClN2O3S. The molecule has 2 aromatic heterocycles. The van der Waals surface area contributed by atoms with Gasteiger partial charge in [-0.3, -0.25) is 4.79 Å². The van der Waals surface area contributed by atoms with Gasteiger partial charge in [-0.05, 0) is 68.4 Å². The summed E-state index contributed by atoms with van der Waals surface area (Å²) in [5, 5.41) is 5.09. The van der Waals surface area contributed by atoms with Crippen LogP contribution in [-0.4, -0.2) is 23.5 Å². The van der Waals surface area contributed by atoms with Gasteiger partial charge in [0.05, 0.1) is 28.9 Å². The first-order valence-corrected chi connectivity index (χ1v) is 14.0. The van der Waals surface area contributed by atoms with E-state index in [4.69, 9.17) is 21.3 Å². The number of ether oxygens (including phenoxy) is 1. The first kappa shape index (κ1) is 25.4. The van der Waals surface area contributed by atoms with Gasteiger partial charge in [0.15, 0.2) is 0 Å². The molecule has 190 valence electrons. The highest BCUT2D eigenvalue weighted by molar-refractivity contribution is 7.17. The second-order valence-corrected chi connectivity index (χ2v) is 10.9. The molecule has 0 bridgehead atoms. The summed E-state index contributed by atoms with van der Waals surface area (Å²) in [6.07, 6.45) is 5.75. The van der Waals surface area contributed by atoms with Crippen molar-refractivity contribution in [3.8, 4) is 11.3 Å². The number of nitrogens with zero attached hydrogens (tertiary/aromatic N) is 1. The number of rotatable bonds is 6. The summed E-state index contributed by atoms with van der Waals surface area (Å²) in [5.41, 5.74) is 5.22. The highest BCUT2D eigenvalue weighted by atomic mass is 35.5. The van der Waals surface area contributed by atoms with Crippen molar-refractivity contribution in [1.82, 2.24) is 4.98 Å². The van der Waals surface area contributed by atoms with Crippen LogP contribution in [0.5, 0.6) is 0 Å². The fourth-order valence-electron chi connectivity index (χ4n) is 4.97. The summed E-state index contributed by atoms with van der Waals surface area (Å²) < 4.78 is 5.55. The number of anilines is 1. The van der Waals surface area contributed by atoms with Gasteiger partial charge in [0.2, 0.25) is 0 Å². The summed E-state index contributed by atoms with van der Waals surface area (Å²) in [4.78, 5) is 33.1. The minimum absolute atomic E-state index is 0.257. The molecule has 5 rings (SSSR count). The van der Waals surface area contributed by atoms with Gasteiger partial charge in [-0.1, -0.05) is 55.3 Å². The maximum Gasteiger partial charge on any atom is 0.341 e. The number of thiophene rings is 1. The number of aromatic nitrogens is 1. The molecule has 0 unspecified atom stereocenters. The molecule has 0 atom stereocenters. The molecule has 0 aliphatic heterocycles. The summed E-state index contributed by atoms with van der Waals surface area (Å²) in [6.45, 7) is 4.24. The third-order valence-corrected chi connectivity index (χ3v) is 8.23. The van der Waals surface area contributed by atoms with E-state index in [1.807, 2.05) is 62.4 Å². The smallest absolute Gasteiger partial charge is 0.341 e. The molecule has 1 amide bonds. The van der Waals surface area contributed by atoms with Gasteiger partial charge in [-0.2, -0.15) is 0 Å². The first-order valence-electron chi connectivity index (χ1n) is 12.8. The number of benzene rings is 2. The molecule has 2 aromatic carbocycles. The predicted molar refractivity (Wildman–Crippen MR) is 151 cm³/mol. The number of carbonyl (C=O) groups excluding carboxylic acids is 2. The van der Waals surface area contributed by atoms with E-state index in [9.17, 15) is 9.59 Å². The van der Waals surface area contributed by atoms with Gasteiger partial charge >= 0.3 is 5.97 Å². The summed E-state index contributed by atoms with van der Waals surface area (Å²) in [7, 11) is 0. The Balaban J connectivity index is 1.60. The number of halogens is 1. The summed E-state index contributed by atoms with van der Waals surface area (Å²) in [5.74, 6) is -0.609. The van der Waals surface area contributed by atoms with Crippen LogP contribution in [0, 0.1) is 6.92 Å². The molecule has 1 aliphatic rings. The lowest BCUT2D eigenvalue weighted by Gasteiger charge is -2.15. The Hall–Kier alpha value is -3.22. The average Bonchev–Trinajstić information content (AvgIpc) is 3.07. The monoisotopic (exact) mass is 532 g/mol. The lowest BCUT2D eigenvalue weighted by atomic mass is 9.97. The standard InChI is InChI=1S/C30H29ClN2O3S/c1-3-17-36-30(35)26-22-10-5-4-6-12-24(22)37-29(26)33-28(34)25-18(2)27(19-13-15-20(31)16-14-19)32-23-11-8-7-9-21(23)25/h7-9,11,13-16H,3-6,10,12,17H2,1-2H3,(H,33,34). The number of aryl methyl sites for hydroxylation is 1. The summed E-state index contributed by atoms with van der Waals surface area (Å²) >= 11 is 7.62. The number of hydrogen-bond donors (Lipinski definition) is 1. The number of fused-ring (bicyclic) bond motifs is 2. The van der Waals surface area contributed by atoms with E-state index in [-0.39, 0.29) is 11.9 Å². The highest BCUT2D eigenvalue weighted by Crippen LogP contribution is 2.39. The maximum absolute atomic E-state index is 14.0. The van der Waals surface area contributed by atoms with E-state index in [0.717, 1.165) is 71.8 Å². The zero-order valence-corrected chi connectivity index (χ0v) is 22.6. The number of amides is 1. The van der Waals surface area contributed by atoms with Gasteiger partial charge in [0.25, 0.3) is 5.91 Å². The normalized spacial score (nSPS) is 13.2. The molecule has 4 aromatic rings. The van der Waals surface area contributed by atoms with Crippen molar-refractivity contribution in [3.05, 3.63) is 80.7 Å². The zero-order chi connectivity index (χ0) is 25.9. The lowest BCUT2D eigenvalue weighted by Crippen LogP contribution is -2.17. The molecule has 0 spiro atoms. The van der Waals surface area contributed by atoms with E-state index >= 15 is 0 Å². The van der Waals surface area contributed by atoms with Crippen molar-refractivity contribution in [2.24, 2.45) is 0 Å². The second-order valence-electron chi connectivity index (χ2n) is 9.34. The van der Waals surface area contributed by atoms with E-state index in [1.165, 1.54) is 16.2 Å². The third-order valence-electron chi connectivity index (χ3n) is 6.77. The molecule has 0 fully saturated rings. The zero-order valence-electron chi connectivity index (χ0n) is 21.0. The fourth-order valence-corrected chi connectivity index (χ4v) is 6.37. The van der Waals surface area contributed by atoms with Crippen molar-refractivity contribution >= 4 is 50.7 Å². The molecule has 1 N–H and O–H groups in total. The predicted octanol–water partition coefficient (Wildman–Crippen LogP) is 8.01. The maximum atomic E-state index is 14.0. The van der Waals surface area contributed by atoms with E-state index in [0.29, 0.717) is 27.8 Å². The van der Waals surface area contributed by atoms with Crippen LogP contribution in [0.1, 0.15) is 69.3 Å². The topological polar surface area (TPSA) is 68.3 Å². The molecular weight excluding hydrogens is 504 g/mol. The molecule has 2 heterocycles. The van der Waals surface area contributed by atoms with Gasteiger partial charge in [0.1, 0.15) is 5.00 Å². The average molecular weight is 533 g/mol. The van der Waals surface area contributed by atoms with Crippen molar-refractivity contribution in [2.45, 2.75) is 52.4 Å². The quantitative estimate of drug-likeness (QED) is 0.202. The second kappa shape index (κ2) is 11.0. The molecule has 0 saturated heterocycles. The van der Waals surface area contributed by atoms with Crippen LogP contribution in [0.2, 0.25) is 5.02 Å². The molecule has 0 saturated carbocycles. The molecule has 0 radical (unpaired) electrons. The number of para-hydroxylation sites is 1. The largest absolute Gasteiger partial charge is 0.462 e. The van der Waals surface area contributed by atoms with Crippen molar-refractivity contribution in [1.29, 1.82) is 0 Å². The van der Waals surface area contributed by atoms with Crippen LogP contribution in [0.25, 0.3) is 22.2 Å². The van der Waals surface area contributed by atoms with Crippen LogP contribution in [0.4, 0.5) is 5.00 Å². The van der Waals surface area contributed by atoms with Crippen molar-refractivity contribution in [3.63, 3.8) is 0 Å². The fraction of sp³-hybridized carbons (Fsp3) is 0.300. The highest BCUT2D eigenvalue weighted by Gasteiger charge is 2.28. The van der Waals surface area contributed by atoms with Crippen molar-refractivity contribution in [2.75, 3.05) is 11.9 Å². The number of carbonyl (C=O) groups is 2. The lowest BCUT2D eigenvalue weighted by molar-refractivity contribution is 0.0505. The number of nitrogens with one attached hydrogen (secondary N) is 1. The van der Waals surface area contributed by atoms with Gasteiger partial charge in [-0.15, -0.1) is 11.3 Å². The SMILES string of the molecule is CCCOC(=O)c1c(NC(=O)c2c(C)c(-c3ccc(Cl)cc3)nc3ccccc23)sc2c1CCCCC2. The molecule has 1 aliphatic carbocycles. The van der Waals surface area contributed by atoms with Crippen LogP contribution in [0.3, 0.4) is 0 Å². The number of hydrogen-bond acceptors (Lipinski definition) is 5. The van der Waals surface area contributed by atoms with Crippen LogP contribution >= 0.6 is 22.9 Å². The Bertz CT molecular complexity index is 1480. The van der Waals surface area contributed by atoms with E-state index in [1.54, 1.807) is 0 Å². The summed E-state index contributed by atoms with van der Waals surface area (Å²) in [6, 6.07) is 15.1. The molecule has 5 nitrogen and oxygen atoms in total. The minimum atomic E-state index is -0.352. The number of esters is 1. The minimum Gasteiger partial charge on any atom is -0.462 e. The number of pyridine rings is 1. The van der Waals surface area contributed by atoms with E-state index < -0.39 is 0 Å². The van der Waals surface area contributed by atoms with E-state index in [2.05, 4.69) is 5.32 Å². The Morgan fingerprint density at radius 3 is 2.57 bits per heavy atom. The molecule has 37 heavy (non-hydrogen) atoms. The van der Waals surface area contributed by atoms with Gasteiger partial charge in [0, 0.05) is 20.8 Å².